The van der Waals surface area contributed by atoms with Gasteiger partial charge in [0.15, 0.2) is 5.69 Å². The number of nitrogens with zero attached hydrogens (tertiary/aromatic N) is 2. The standard InChI is InChI=1S/C11H18N4O2/c16-15(17)11-10(8-12-14-11)13-9-6-4-2-1-3-5-7-9/h8-9,13H,1-7H2,(H,12,14). The molecule has 0 spiro atoms. The van der Waals surface area contributed by atoms with Crippen molar-refractivity contribution in [1.82, 2.24) is 10.2 Å². The molecule has 6 heteroatoms. The van der Waals surface area contributed by atoms with Crippen LogP contribution in [-0.2, 0) is 0 Å². The predicted molar refractivity (Wildman–Crippen MR) is 65.0 cm³/mol. The van der Waals surface area contributed by atoms with E-state index < -0.39 is 4.92 Å². The van der Waals surface area contributed by atoms with Crippen LogP contribution in [0.2, 0.25) is 0 Å². The molecule has 0 atom stereocenters. The summed E-state index contributed by atoms with van der Waals surface area (Å²) in [6, 6.07) is 0.339. The fraction of sp³-hybridized carbons (Fsp3) is 0.727. The lowest BCUT2D eigenvalue weighted by Crippen LogP contribution is -2.20. The van der Waals surface area contributed by atoms with Crippen LogP contribution < -0.4 is 5.32 Å². The zero-order valence-electron chi connectivity index (χ0n) is 9.82. The van der Waals surface area contributed by atoms with Gasteiger partial charge in [0, 0.05) is 6.04 Å². The molecule has 1 aliphatic rings. The van der Waals surface area contributed by atoms with Gasteiger partial charge in [-0.05, 0) is 17.8 Å². The summed E-state index contributed by atoms with van der Waals surface area (Å²) in [6.07, 6.45) is 9.92. The molecule has 1 aromatic rings. The lowest BCUT2D eigenvalue weighted by molar-refractivity contribution is -0.388. The van der Waals surface area contributed by atoms with Gasteiger partial charge in [-0.2, -0.15) is 0 Å². The highest BCUT2D eigenvalue weighted by Crippen LogP contribution is 2.25. The van der Waals surface area contributed by atoms with E-state index in [0.717, 1.165) is 12.8 Å². The Kier molecular flexibility index (Phi) is 3.95. The normalized spacial score (nSPS) is 18.4. The number of hydrogen-bond acceptors (Lipinski definition) is 4. The van der Waals surface area contributed by atoms with Gasteiger partial charge in [-0.15, -0.1) is 5.10 Å². The second-order valence-electron chi connectivity index (χ2n) is 4.58. The molecule has 0 aliphatic heterocycles. The van der Waals surface area contributed by atoms with Crippen LogP contribution in [0.3, 0.4) is 0 Å². The molecule has 1 saturated carbocycles. The number of aromatic amines is 1. The van der Waals surface area contributed by atoms with Crippen molar-refractivity contribution in [3.8, 4) is 0 Å². The van der Waals surface area contributed by atoms with E-state index in [1.54, 1.807) is 0 Å². The molecule has 0 amide bonds. The average Bonchev–Trinajstić information content (AvgIpc) is 2.70. The molecule has 17 heavy (non-hydrogen) atoms. The molecule has 2 rings (SSSR count). The first kappa shape index (κ1) is 11.9. The van der Waals surface area contributed by atoms with Crippen molar-refractivity contribution in [2.75, 3.05) is 5.32 Å². The zero-order chi connectivity index (χ0) is 12.1. The van der Waals surface area contributed by atoms with E-state index in [1.165, 1.54) is 38.3 Å². The van der Waals surface area contributed by atoms with Gasteiger partial charge in [0.2, 0.25) is 0 Å². The molecule has 1 aliphatic carbocycles. The van der Waals surface area contributed by atoms with Gasteiger partial charge < -0.3 is 15.4 Å². The van der Waals surface area contributed by atoms with Crippen LogP contribution in [-0.4, -0.2) is 21.2 Å². The van der Waals surface area contributed by atoms with Gasteiger partial charge in [-0.25, -0.2) is 0 Å². The van der Waals surface area contributed by atoms with E-state index in [0.29, 0.717) is 11.7 Å². The predicted octanol–water partition coefficient (Wildman–Crippen LogP) is 2.84. The number of anilines is 1. The topological polar surface area (TPSA) is 83.8 Å². The van der Waals surface area contributed by atoms with E-state index in [1.807, 2.05) is 0 Å². The van der Waals surface area contributed by atoms with Crippen LogP contribution in [0.1, 0.15) is 44.9 Å². The molecule has 0 saturated heterocycles. The molecule has 6 nitrogen and oxygen atoms in total. The van der Waals surface area contributed by atoms with Crippen molar-refractivity contribution in [2.24, 2.45) is 0 Å². The van der Waals surface area contributed by atoms with Gasteiger partial charge in [0.1, 0.15) is 6.20 Å². The van der Waals surface area contributed by atoms with Gasteiger partial charge in [-0.3, -0.25) is 0 Å². The Bertz CT molecular complexity index is 369. The Hall–Kier alpha value is -1.59. The first-order chi connectivity index (χ1) is 8.27. The highest BCUT2D eigenvalue weighted by Gasteiger charge is 2.18. The highest BCUT2D eigenvalue weighted by molar-refractivity contribution is 5.56. The van der Waals surface area contributed by atoms with Crippen LogP contribution in [0.15, 0.2) is 6.20 Å². The number of H-pyrrole nitrogens is 1. The lowest BCUT2D eigenvalue weighted by Gasteiger charge is -2.20. The zero-order valence-corrected chi connectivity index (χ0v) is 9.82. The molecular weight excluding hydrogens is 220 g/mol. The third-order valence-electron chi connectivity index (χ3n) is 3.27. The average molecular weight is 238 g/mol. The Balaban J connectivity index is 1.98. The first-order valence-electron chi connectivity index (χ1n) is 6.21. The largest absolute Gasteiger partial charge is 0.374 e. The Morgan fingerprint density at radius 1 is 1.29 bits per heavy atom. The smallest absolute Gasteiger partial charge is 0.366 e. The number of nitro groups is 1. The highest BCUT2D eigenvalue weighted by atomic mass is 16.6. The molecule has 0 unspecified atom stereocenters. The summed E-state index contributed by atoms with van der Waals surface area (Å²) in [4.78, 5) is 10.3. The summed E-state index contributed by atoms with van der Waals surface area (Å²) in [5, 5.41) is 20.1. The minimum absolute atomic E-state index is 0.0351. The van der Waals surface area contributed by atoms with Crippen molar-refractivity contribution < 1.29 is 4.92 Å². The maximum absolute atomic E-state index is 10.7. The molecule has 0 aromatic carbocycles. The molecule has 0 radical (unpaired) electrons. The second-order valence-corrected chi connectivity index (χ2v) is 4.58. The van der Waals surface area contributed by atoms with E-state index in [4.69, 9.17) is 0 Å². The third kappa shape index (κ3) is 3.18. The van der Waals surface area contributed by atoms with Gasteiger partial charge in [0.25, 0.3) is 0 Å². The van der Waals surface area contributed by atoms with Crippen LogP contribution in [0.4, 0.5) is 11.5 Å². The van der Waals surface area contributed by atoms with E-state index in [9.17, 15) is 10.1 Å². The quantitative estimate of drug-likeness (QED) is 0.626. The fourth-order valence-corrected chi connectivity index (χ4v) is 2.34. The maximum atomic E-state index is 10.7. The van der Waals surface area contributed by atoms with Crippen LogP contribution >= 0.6 is 0 Å². The Morgan fingerprint density at radius 2 is 1.94 bits per heavy atom. The van der Waals surface area contributed by atoms with Crippen LogP contribution in [0.25, 0.3) is 0 Å². The molecule has 1 fully saturated rings. The van der Waals surface area contributed by atoms with Gasteiger partial charge in [0.05, 0.1) is 0 Å². The molecule has 0 bridgehead atoms. The summed E-state index contributed by atoms with van der Waals surface area (Å²) in [5.41, 5.74) is 0.514. The summed E-state index contributed by atoms with van der Waals surface area (Å²) >= 11 is 0. The minimum atomic E-state index is -0.432. The number of nitrogens with one attached hydrogen (secondary N) is 2. The van der Waals surface area contributed by atoms with E-state index >= 15 is 0 Å². The van der Waals surface area contributed by atoms with Gasteiger partial charge >= 0.3 is 5.82 Å². The van der Waals surface area contributed by atoms with Crippen LogP contribution in [0, 0.1) is 10.1 Å². The number of aromatic nitrogens is 2. The molecule has 1 heterocycles. The van der Waals surface area contributed by atoms with Crippen molar-refractivity contribution >= 4 is 11.5 Å². The van der Waals surface area contributed by atoms with Crippen molar-refractivity contribution in [3.63, 3.8) is 0 Å². The second kappa shape index (κ2) is 5.65. The minimum Gasteiger partial charge on any atom is -0.374 e. The van der Waals surface area contributed by atoms with Crippen molar-refractivity contribution in [1.29, 1.82) is 0 Å². The summed E-state index contributed by atoms with van der Waals surface area (Å²) < 4.78 is 0. The molecule has 1 aromatic heterocycles. The Morgan fingerprint density at radius 3 is 2.59 bits per heavy atom. The first-order valence-corrected chi connectivity index (χ1v) is 6.21. The van der Waals surface area contributed by atoms with Crippen molar-refractivity contribution in [3.05, 3.63) is 16.3 Å². The summed E-state index contributed by atoms with van der Waals surface area (Å²) in [5.74, 6) is -0.0351. The monoisotopic (exact) mass is 238 g/mol. The molecule has 94 valence electrons. The Labute approximate surface area is 99.9 Å². The SMILES string of the molecule is O=[N+]([O-])c1[nH]ncc1NC1CCCCCCC1. The lowest BCUT2D eigenvalue weighted by atomic mass is 9.96. The van der Waals surface area contributed by atoms with Crippen LogP contribution in [0.5, 0.6) is 0 Å². The number of rotatable bonds is 3. The molecule has 2 N–H and O–H groups in total. The number of hydrogen-bond donors (Lipinski definition) is 2. The van der Waals surface area contributed by atoms with E-state index in [-0.39, 0.29) is 5.82 Å². The summed E-state index contributed by atoms with van der Waals surface area (Å²) in [7, 11) is 0. The van der Waals surface area contributed by atoms with E-state index in [2.05, 4.69) is 15.5 Å². The molecular formula is C11H18N4O2. The van der Waals surface area contributed by atoms with Crippen molar-refractivity contribution in [2.45, 2.75) is 51.0 Å². The fourth-order valence-electron chi connectivity index (χ4n) is 2.34. The summed E-state index contributed by atoms with van der Waals surface area (Å²) in [6.45, 7) is 0. The maximum Gasteiger partial charge on any atom is 0.366 e. The third-order valence-corrected chi connectivity index (χ3v) is 3.27. The van der Waals surface area contributed by atoms with Gasteiger partial charge in [-0.1, -0.05) is 37.2 Å².